The van der Waals surface area contributed by atoms with Crippen molar-refractivity contribution in [2.75, 3.05) is 40.6 Å². The third-order valence-corrected chi connectivity index (χ3v) is 6.68. The Hall–Kier alpha value is -0.750. The van der Waals surface area contributed by atoms with Gasteiger partial charge in [0.2, 0.25) is 0 Å². The standard InChI is InChI=1S/C19H34NO5P/c1-5-18(6-2)19(20-16-17-10-8-7-9-11-17)26(21,24-14-12-22-3)25-15-13-23-4/h7-11,18-20H,5-6,12-16H2,1-4H3/t19-/m0/s1. The predicted molar refractivity (Wildman–Crippen MR) is 104 cm³/mol. The molecule has 0 saturated carbocycles. The van der Waals surface area contributed by atoms with Crippen LogP contribution < -0.4 is 5.32 Å². The molecule has 0 saturated heterocycles. The predicted octanol–water partition coefficient (Wildman–Crippen LogP) is 4.06. The molecule has 0 aliphatic rings. The summed E-state index contributed by atoms with van der Waals surface area (Å²) >= 11 is 0. The van der Waals surface area contributed by atoms with Crippen LogP contribution in [0.4, 0.5) is 0 Å². The zero-order valence-electron chi connectivity index (χ0n) is 16.5. The minimum absolute atomic E-state index is 0.176. The molecule has 0 unspecified atom stereocenters. The third kappa shape index (κ3) is 7.87. The van der Waals surface area contributed by atoms with Crippen LogP contribution in [0.1, 0.15) is 32.3 Å². The number of ether oxygens (including phenoxy) is 2. The van der Waals surface area contributed by atoms with E-state index in [0.29, 0.717) is 19.8 Å². The van der Waals surface area contributed by atoms with Crippen LogP contribution in [0.2, 0.25) is 0 Å². The molecular formula is C19H34NO5P. The summed E-state index contributed by atoms with van der Waals surface area (Å²) in [4.78, 5) is 0. The highest BCUT2D eigenvalue weighted by Gasteiger charge is 2.40. The second-order valence-electron chi connectivity index (χ2n) is 6.08. The Bertz CT molecular complexity index is 496. The van der Waals surface area contributed by atoms with Crippen LogP contribution in [0.5, 0.6) is 0 Å². The largest absolute Gasteiger partial charge is 0.382 e. The summed E-state index contributed by atoms with van der Waals surface area (Å²) in [5, 5.41) is 3.44. The van der Waals surface area contributed by atoms with Gasteiger partial charge in [0.05, 0.1) is 26.4 Å². The Labute approximate surface area is 158 Å². The maximum Gasteiger partial charge on any atom is 0.347 e. The zero-order valence-corrected chi connectivity index (χ0v) is 17.4. The molecule has 1 aromatic carbocycles. The maximum absolute atomic E-state index is 13.6. The summed E-state index contributed by atoms with van der Waals surface area (Å²) in [5.74, 6) is -0.207. The van der Waals surface area contributed by atoms with Crippen molar-refractivity contribution in [3.05, 3.63) is 35.9 Å². The quantitative estimate of drug-likeness (QED) is 0.362. The number of benzene rings is 1. The number of methoxy groups -OCH3 is 2. The van der Waals surface area contributed by atoms with E-state index in [4.69, 9.17) is 18.5 Å². The Balaban J connectivity index is 2.95. The number of rotatable bonds is 15. The first-order chi connectivity index (χ1) is 12.6. The van der Waals surface area contributed by atoms with Gasteiger partial charge < -0.3 is 18.5 Å². The average Bonchev–Trinajstić information content (AvgIpc) is 2.66. The lowest BCUT2D eigenvalue weighted by Gasteiger charge is -2.33. The van der Waals surface area contributed by atoms with Crippen LogP contribution in [-0.4, -0.2) is 46.4 Å². The molecule has 0 heterocycles. The molecule has 1 aromatic rings. The monoisotopic (exact) mass is 387 g/mol. The van der Waals surface area contributed by atoms with Crippen molar-refractivity contribution in [3.63, 3.8) is 0 Å². The van der Waals surface area contributed by atoms with Gasteiger partial charge in [0.1, 0.15) is 5.78 Å². The van der Waals surface area contributed by atoms with Crippen LogP contribution in [0.3, 0.4) is 0 Å². The van der Waals surface area contributed by atoms with E-state index in [0.717, 1.165) is 18.4 Å². The van der Waals surface area contributed by atoms with E-state index in [9.17, 15) is 4.57 Å². The van der Waals surface area contributed by atoms with Gasteiger partial charge in [-0.25, -0.2) is 0 Å². The molecule has 0 radical (unpaired) electrons. The minimum atomic E-state index is -3.39. The van der Waals surface area contributed by atoms with Crippen molar-refractivity contribution in [1.82, 2.24) is 5.32 Å². The summed E-state index contributed by atoms with van der Waals surface area (Å²) in [5.41, 5.74) is 1.13. The fraction of sp³-hybridized carbons (Fsp3) is 0.684. The number of hydrogen-bond donors (Lipinski definition) is 1. The lowest BCUT2D eigenvalue weighted by molar-refractivity contribution is 0.0995. The van der Waals surface area contributed by atoms with Gasteiger partial charge in [0, 0.05) is 20.8 Å². The van der Waals surface area contributed by atoms with Gasteiger partial charge >= 0.3 is 7.60 Å². The number of nitrogens with one attached hydrogen (secondary N) is 1. The molecule has 0 aliphatic carbocycles. The minimum Gasteiger partial charge on any atom is -0.382 e. The molecule has 26 heavy (non-hydrogen) atoms. The molecule has 6 nitrogen and oxygen atoms in total. The first-order valence-electron chi connectivity index (χ1n) is 9.25. The molecule has 0 aromatic heterocycles. The van der Waals surface area contributed by atoms with E-state index in [1.54, 1.807) is 14.2 Å². The molecule has 1 N–H and O–H groups in total. The molecule has 0 amide bonds. The first kappa shape index (κ1) is 23.3. The van der Waals surface area contributed by atoms with Crippen molar-refractivity contribution in [3.8, 4) is 0 Å². The molecular weight excluding hydrogens is 353 g/mol. The van der Waals surface area contributed by atoms with E-state index in [1.807, 2.05) is 30.3 Å². The van der Waals surface area contributed by atoms with Crippen molar-refractivity contribution in [1.29, 1.82) is 0 Å². The Kier molecular flexibility index (Phi) is 12.0. The molecule has 0 fully saturated rings. The highest BCUT2D eigenvalue weighted by molar-refractivity contribution is 7.54. The molecule has 0 bridgehead atoms. The SMILES string of the molecule is CCC(CC)[C@@H](NCc1ccccc1)P(=O)(OCCOC)OCCOC. The molecule has 150 valence electrons. The van der Waals surface area contributed by atoms with Crippen LogP contribution in [-0.2, 0) is 29.6 Å². The zero-order chi connectivity index (χ0) is 19.3. The second-order valence-corrected chi connectivity index (χ2v) is 8.23. The average molecular weight is 387 g/mol. The summed E-state index contributed by atoms with van der Waals surface area (Å²) < 4.78 is 35.2. The van der Waals surface area contributed by atoms with Crippen LogP contribution >= 0.6 is 7.60 Å². The van der Waals surface area contributed by atoms with Crippen LogP contribution in [0.15, 0.2) is 30.3 Å². The fourth-order valence-corrected chi connectivity index (χ4v) is 5.09. The van der Waals surface area contributed by atoms with Crippen LogP contribution in [0, 0.1) is 5.92 Å². The second kappa shape index (κ2) is 13.4. The Morgan fingerprint density at radius 2 is 1.46 bits per heavy atom. The summed E-state index contributed by atoms with van der Waals surface area (Å²) in [7, 11) is -0.207. The van der Waals surface area contributed by atoms with Gasteiger partial charge in [-0.15, -0.1) is 0 Å². The molecule has 0 aliphatic heterocycles. The summed E-state index contributed by atoms with van der Waals surface area (Å²) in [6.07, 6.45) is 1.77. The smallest absolute Gasteiger partial charge is 0.347 e. The van der Waals surface area contributed by atoms with E-state index >= 15 is 0 Å². The molecule has 7 heteroatoms. The van der Waals surface area contributed by atoms with Gasteiger partial charge in [0.25, 0.3) is 0 Å². The lowest BCUT2D eigenvalue weighted by Crippen LogP contribution is -2.37. The van der Waals surface area contributed by atoms with Gasteiger partial charge in [0.15, 0.2) is 0 Å². The highest BCUT2D eigenvalue weighted by atomic mass is 31.2. The van der Waals surface area contributed by atoms with Gasteiger partial charge in [-0.2, -0.15) is 0 Å². The van der Waals surface area contributed by atoms with Gasteiger partial charge in [-0.05, 0) is 11.5 Å². The van der Waals surface area contributed by atoms with Crippen molar-refractivity contribution in [2.24, 2.45) is 5.92 Å². The van der Waals surface area contributed by atoms with Crippen molar-refractivity contribution < 1.29 is 23.1 Å². The van der Waals surface area contributed by atoms with E-state index in [2.05, 4.69) is 19.2 Å². The van der Waals surface area contributed by atoms with Gasteiger partial charge in [-0.3, -0.25) is 9.88 Å². The fourth-order valence-electron chi connectivity index (χ4n) is 2.78. The number of hydrogen-bond acceptors (Lipinski definition) is 6. The Morgan fingerprint density at radius 1 is 0.923 bits per heavy atom. The molecule has 0 spiro atoms. The topological polar surface area (TPSA) is 66.0 Å². The maximum atomic E-state index is 13.6. The molecule has 1 rings (SSSR count). The molecule has 1 atom stereocenters. The van der Waals surface area contributed by atoms with Gasteiger partial charge in [-0.1, -0.05) is 57.0 Å². The van der Waals surface area contributed by atoms with E-state index in [-0.39, 0.29) is 24.9 Å². The summed E-state index contributed by atoms with van der Waals surface area (Å²) in [6, 6.07) is 10.0. The summed E-state index contributed by atoms with van der Waals surface area (Å²) in [6.45, 7) is 5.99. The van der Waals surface area contributed by atoms with Crippen molar-refractivity contribution >= 4 is 7.60 Å². The highest BCUT2D eigenvalue weighted by Crippen LogP contribution is 2.55. The first-order valence-corrected chi connectivity index (χ1v) is 10.9. The Morgan fingerprint density at radius 3 is 1.92 bits per heavy atom. The van der Waals surface area contributed by atoms with E-state index in [1.165, 1.54) is 0 Å². The normalized spacial score (nSPS) is 13.3. The van der Waals surface area contributed by atoms with Crippen molar-refractivity contribution in [2.45, 2.75) is 39.0 Å². The third-order valence-electron chi connectivity index (χ3n) is 4.31. The van der Waals surface area contributed by atoms with Crippen LogP contribution in [0.25, 0.3) is 0 Å². The van der Waals surface area contributed by atoms with E-state index < -0.39 is 7.60 Å². The lowest BCUT2D eigenvalue weighted by atomic mass is 10.0.